The van der Waals surface area contributed by atoms with Gasteiger partial charge in [-0.15, -0.1) is 0 Å². The Bertz CT molecular complexity index is 405. The first kappa shape index (κ1) is 11.9. The number of carbonyl (C=O) groups is 1. The fourth-order valence-electron chi connectivity index (χ4n) is 1.51. The fourth-order valence-corrected chi connectivity index (χ4v) is 1.51. The fraction of sp³-hybridized carbons (Fsp3) is 0.364. The van der Waals surface area contributed by atoms with Gasteiger partial charge >= 0.3 is 6.43 Å². The van der Waals surface area contributed by atoms with E-state index in [0.29, 0.717) is 24.5 Å². The van der Waals surface area contributed by atoms with Gasteiger partial charge in [-0.25, -0.2) is 0 Å². The Morgan fingerprint density at radius 1 is 1.35 bits per heavy atom. The number of carbonyl (C=O) groups excluding carboxylic acids is 1. The highest BCUT2D eigenvalue weighted by Crippen LogP contribution is 2.25. The summed E-state index contributed by atoms with van der Waals surface area (Å²) in [4.78, 5) is 10.8. The summed E-state index contributed by atoms with van der Waals surface area (Å²) >= 11 is 0. The third-order valence-corrected chi connectivity index (χ3v) is 2.25. The lowest BCUT2D eigenvalue weighted by molar-refractivity contribution is -0.126. The third kappa shape index (κ3) is 2.98. The molecule has 1 heterocycles. The predicted molar refractivity (Wildman–Crippen MR) is 55.7 cm³/mol. The van der Waals surface area contributed by atoms with Crippen LogP contribution in [0.3, 0.4) is 0 Å². The van der Waals surface area contributed by atoms with Crippen LogP contribution in [0.1, 0.15) is 11.9 Å². The molecule has 92 valence electrons. The number of halogens is 2. The number of alkyl halides is 2. The van der Waals surface area contributed by atoms with Gasteiger partial charge in [-0.3, -0.25) is 4.79 Å². The number of hydrogen-bond donors (Lipinski definition) is 1. The van der Waals surface area contributed by atoms with Crippen LogP contribution in [0.25, 0.3) is 0 Å². The lowest BCUT2D eigenvalue weighted by Crippen LogP contribution is -2.20. The number of amides is 1. The van der Waals surface area contributed by atoms with E-state index >= 15 is 0 Å². The van der Waals surface area contributed by atoms with Crippen LogP contribution >= 0.6 is 0 Å². The highest BCUT2D eigenvalue weighted by atomic mass is 19.3. The van der Waals surface area contributed by atoms with Gasteiger partial charge in [0.25, 0.3) is 5.91 Å². The van der Waals surface area contributed by atoms with E-state index in [2.05, 4.69) is 5.32 Å². The minimum absolute atomic E-state index is 0.298. The quantitative estimate of drug-likeness (QED) is 0.882. The van der Waals surface area contributed by atoms with E-state index in [0.717, 1.165) is 0 Å². The normalized spacial score (nSPS) is 16.4. The molecule has 1 aromatic rings. The monoisotopic (exact) mass is 243 g/mol. The number of ether oxygens (including phenoxy) is 2. The molecule has 0 aliphatic carbocycles. The molecular weight excluding hydrogens is 232 g/mol. The molecule has 1 fully saturated rings. The van der Waals surface area contributed by atoms with Gasteiger partial charge in [0.2, 0.25) is 0 Å². The second-order valence-electron chi connectivity index (χ2n) is 3.49. The molecule has 0 radical (unpaired) electrons. The Hall–Kier alpha value is -1.53. The summed E-state index contributed by atoms with van der Waals surface area (Å²) in [6.45, 7) is 0.997. The van der Waals surface area contributed by atoms with Gasteiger partial charge in [-0.2, -0.15) is 8.78 Å². The van der Waals surface area contributed by atoms with E-state index in [-0.39, 0.29) is 0 Å². The van der Waals surface area contributed by atoms with Crippen LogP contribution < -0.4 is 5.32 Å². The van der Waals surface area contributed by atoms with Crippen molar-refractivity contribution in [1.29, 1.82) is 0 Å². The molecule has 17 heavy (non-hydrogen) atoms. The first-order valence-corrected chi connectivity index (χ1v) is 5.09. The van der Waals surface area contributed by atoms with E-state index in [4.69, 9.17) is 9.47 Å². The smallest absolute Gasteiger partial charge is 0.315 e. The van der Waals surface area contributed by atoms with Gasteiger partial charge in [-0.05, 0) is 12.1 Å². The van der Waals surface area contributed by atoms with Gasteiger partial charge < -0.3 is 14.8 Å². The van der Waals surface area contributed by atoms with Gasteiger partial charge in [0, 0.05) is 11.3 Å². The van der Waals surface area contributed by atoms with Gasteiger partial charge in [-0.1, -0.05) is 12.1 Å². The van der Waals surface area contributed by atoms with E-state index in [9.17, 15) is 13.6 Å². The van der Waals surface area contributed by atoms with Crippen LogP contribution in [0.15, 0.2) is 24.3 Å². The number of hydrogen-bond acceptors (Lipinski definition) is 3. The van der Waals surface area contributed by atoms with E-state index in [1.165, 1.54) is 6.07 Å². The molecule has 0 atom stereocenters. The molecule has 0 unspecified atom stereocenters. The van der Waals surface area contributed by atoms with Gasteiger partial charge in [0.15, 0.2) is 6.29 Å². The maximum absolute atomic E-state index is 12.1. The maximum atomic E-state index is 12.1. The van der Waals surface area contributed by atoms with Crippen molar-refractivity contribution in [1.82, 2.24) is 0 Å². The molecule has 0 bridgehead atoms. The first-order chi connectivity index (χ1) is 8.16. The topological polar surface area (TPSA) is 47.6 Å². The number of rotatable bonds is 3. The largest absolute Gasteiger partial charge is 0.346 e. The number of anilines is 1. The van der Waals surface area contributed by atoms with Crippen LogP contribution in [-0.2, 0) is 14.3 Å². The minimum atomic E-state index is -3.03. The van der Waals surface area contributed by atoms with Crippen molar-refractivity contribution < 1.29 is 23.0 Å². The second-order valence-corrected chi connectivity index (χ2v) is 3.49. The predicted octanol–water partition coefficient (Wildman–Crippen LogP) is 1.94. The van der Waals surface area contributed by atoms with Gasteiger partial charge in [0.1, 0.15) is 0 Å². The van der Waals surface area contributed by atoms with Crippen LogP contribution in [0.5, 0.6) is 0 Å². The van der Waals surface area contributed by atoms with Crippen LogP contribution in [0.4, 0.5) is 14.5 Å². The molecule has 4 nitrogen and oxygen atoms in total. The molecule has 6 heteroatoms. The van der Waals surface area contributed by atoms with Crippen molar-refractivity contribution in [2.45, 2.75) is 12.7 Å². The molecule has 1 aromatic carbocycles. The van der Waals surface area contributed by atoms with Crippen molar-refractivity contribution in [3.63, 3.8) is 0 Å². The van der Waals surface area contributed by atoms with Crippen molar-refractivity contribution >= 4 is 11.6 Å². The Kier molecular flexibility index (Phi) is 3.65. The summed E-state index contributed by atoms with van der Waals surface area (Å²) < 4.78 is 34.6. The SMILES string of the molecule is O=C(Nc1cccc(C2OCCO2)c1)C(F)F. The first-order valence-electron chi connectivity index (χ1n) is 5.09. The summed E-state index contributed by atoms with van der Waals surface area (Å²) in [5.74, 6) is -1.32. The highest BCUT2D eigenvalue weighted by Gasteiger charge is 2.19. The molecule has 0 aromatic heterocycles. The Morgan fingerprint density at radius 3 is 2.71 bits per heavy atom. The molecule has 1 aliphatic heterocycles. The van der Waals surface area contributed by atoms with E-state index < -0.39 is 18.6 Å². The summed E-state index contributed by atoms with van der Waals surface area (Å²) in [7, 11) is 0. The molecule has 1 aliphatic rings. The summed E-state index contributed by atoms with van der Waals surface area (Å²) in [6, 6.07) is 6.46. The minimum Gasteiger partial charge on any atom is -0.346 e. The average molecular weight is 243 g/mol. The van der Waals surface area contributed by atoms with E-state index in [1.807, 2.05) is 0 Å². The third-order valence-electron chi connectivity index (χ3n) is 2.25. The summed E-state index contributed by atoms with van der Waals surface area (Å²) in [5.41, 5.74) is 0.987. The maximum Gasteiger partial charge on any atom is 0.315 e. The Balaban J connectivity index is 2.08. The van der Waals surface area contributed by atoms with Crippen LogP contribution in [-0.4, -0.2) is 25.5 Å². The van der Waals surface area contributed by atoms with Crippen LogP contribution in [0.2, 0.25) is 0 Å². The average Bonchev–Trinajstić information content (AvgIpc) is 2.82. The zero-order valence-corrected chi connectivity index (χ0v) is 8.86. The van der Waals surface area contributed by atoms with Crippen molar-refractivity contribution in [2.75, 3.05) is 18.5 Å². The Labute approximate surface area is 96.5 Å². The van der Waals surface area contributed by atoms with Crippen molar-refractivity contribution in [3.8, 4) is 0 Å². The Morgan fingerprint density at radius 2 is 2.06 bits per heavy atom. The standard InChI is InChI=1S/C11H11F2NO3/c12-9(13)10(15)14-8-3-1-2-7(6-8)11-16-4-5-17-11/h1-3,6,9,11H,4-5H2,(H,14,15). The van der Waals surface area contributed by atoms with E-state index in [1.54, 1.807) is 18.2 Å². The van der Waals surface area contributed by atoms with Gasteiger partial charge in [0.05, 0.1) is 13.2 Å². The molecule has 1 N–H and O–H groups in total. The molecule has 0 saturated carbocycles. The highest BCUT2D eigenvalue weighted by molar-refractivity contribution is 5.93. The molecular formula is C11H11F2NO3. The molecule has 1 amide bonds. The summed E-state index contributed by atoms with van der Waals surface area (Å²) in [6.07, 6.45) is -3.52. The number of benzene rings is 1. The lowest BCUT2D eigenvalue weighted by Gasteiger charge is -2.11. The molecule has 1 saturated heterocycles. The second kappa shape index (κ2) is 5.20. The van der Waals surface area contributed by atoms with Crippen LogP contribution in [0, 0.1) is 0 Å². The molecule has 2 rings (SSSR count). The molecule has 0 spiro atoms. The summed E-state index contributed by atoms with van der Waals surface area (Å²) in [5, 5.41) is 2.11. The number of nitrogens with one attached hydrogen (secondary N) is 1. The van der Waals surface area contributed by atoms with Crippen molar-refractivity contribution in [2.24, 2.45) is 0 Å². The zero-order chi connectivity index (χ0) is 12.3. The zero-order valence-electron chi connectivity index (χ0n) is 8.86. The lowest BCUT2D eigenvalue weighted by atomic mass is 10.2. The van der Waals surface area contributed by atoms with Crippen molar-refractivity contribution in [3.05, 3.63) is 29.8 Å².